The van der Waals surface area contributed by atoms with E-state index < -0.39 is 0 Å². The molecule has 1 saturated heterocycles. The summed E-state index contributed by atoms with van der Waals surface area (Å²) in [4.78, 5) is 27.4. The number of hydrogen-bond donors (Lipinski definition) is 0. The van der Waals surface area contributed by atoms with Gasteiger partial charge in [-0.1, -0.05) is 23.7 Å². The van der Waals surface area contributed by atoms with Crippen molar-refractivity contribution in [2.45, 2.75) is 19.4 Å². The van der Waals surface area contributed by atoms with Crippen LogP contribution >= 0.6 is 11.6 Å². The summed E-state index contributed by atoms with van der Waals surface area (Å²) >= 11 is 5.81. The molecule has 1 aliphatic heterocycles. The van der Waals surface area contributed by atoms with Crippen LogP contribution in [0.2, 0.25) is 5.02 Å². The maximum atomic E-state index is 12.2. The Morgan fingerprint density at radius 2 is 1.95 bits per heavy atom. The molecule has 5 heteroatoms. The number of carbonyl (C=O) groups excluding carboxylic acids is 2. The normalized spacial score (nSPS) is 19.7. The third-order valence-electron chi connectivity index (χ3n) is 3.47. The van der Waals surface area contributed by atoms with E-state index in [2.05, 4.69) is 0 Å². The van der Waals surface area contributed by atoms with Crippen molar-refractivity contribution in [1.29, 1.82) is 0 Å². The number of halogens is 1. The Morgan fingerprint density at radius 1 is 1.32 bits per heavy atom. The van der Waals surface area contributed by atoms with Gasteiger partial charge in [0.2, 0.25) is 11.8 Å². The quantitative estimate of drug-likeness (QED) is 0.825. The average molecular weight is 281 g/mol. The van der Waals surface area contributed by atoms with Gasteiger partial charge >= 0.3 is 0 Å². The number of likely N-dealkylation sites (N-methyl/N-ethyl adjacent to an activating group) is 1. The number of rotatable bonds is 2. The Hall–Kier alpha value is -1.55. The zero-order valence-electron chi connectivity index (χ0n) is 11.1. The van der Waals surface area contributed by atoms with Crippen LogP contribution in [0.4, 0.5) is 0 Å². The van der Waals surface area contributed by atoms with Gasteiger partial charge in [-0.2, -0.15) is 0 Å². The summed E-state index contributed by atoms with van der Waals surface area (Å²) < 4.78 is 0. The van der Waals surface area contributed by atoms with E-state index in [9.17, 15) is 9.59 Å². The summed E-state index contributed by atoms with van der Waals surface area (Å²) in [7, 11) is 1.76. The lowest BCUT2D eigenvalue weighted by Gasteiger charge is -2.37. The molecule has 1 aliphatic rings. The standard InChI is InChI=1S/C14H17ClN2O2/c1-10-14(19)16(2)7-8-17(10)13(18)9-11-3-5-12(15)6-4-11/h3-6,10H,7-9H2,1-2H3. The van der Waals surface area contributed by atoms with Crippen LogP contribution in [0.3, 0.4) is 0 Å². The molecule has 0 bridgehead atoms. The van der Waals surface area contributed by atoms with Crippen molar-refractivity contribution in [3.8, 4) is 0 Å². The molecule has 1 unspecified atom stereocenters. The third kappa shape index (κ3) is 3.07. The maximum absolute atomic E-state index is 12.2. The zero-order chi connectivity index (χ0) is 14.0. The number of nitrogens with zero attached hydrogens (tertiary/aromatic N) is 2. The van der Waals surface area contributed by atoms with Gasteiger partial charge < -0.3 is 9.80 Å². The van der Waals surface area contributed by atoms with E-state index in [1.807, 2.05) is 12.1 Å². The Bertz CT molecular complexity index is 487. The molecule has 0 saturated carbocycles. The molecule has 0 spiro atoms. The van der Waals surface area contributed by atoms with E-state index in [1.165, 1.54) is 0 Å². The summed E-state index contributed by atoms with van der Waals surface area (Å²) in [5.74, 6) is -0.0213. The number of piperazine rings is 1. The predicted octanol–water partition coefficient (Wildman–Crippen LogP) is 1.57. The van der Waals surface area contributed by atoms with Crippen LogP contribution in [0.15, 0.2) is 24.3 Å². The first kappa shape index (κ1) is 13.9. The molecule has 19 heavy (non-hydrogen) atoms. The van der Waals surface area contributed by atoms with Crippen LogP contribution in [-0.4, -0.2) is 47.8 Å². The van der Waals surface area contributed by atoms with Crippen LogP contribution in [0.1, 0.15) is 12.5 Å². The highest BCUT2D eigenvalue weighted by molar-refractivity contribution is 6.30. The summed E-state index contributed by atoms with van der Waals surface area (Å²) in [6, 6.07) is 6.83. The van der Waals surface area contributed by atoms with E-state index in [-0.39, 0.29) is 17.9 Å². The van der Waals surface area contributed by atoms with Crippen LogP contribution in [0.5, 0.6) is 0 Å². The van der Waals surface area contributed by atoms with E-state index in [0.717, 1.165) is 5.56 Å². The Morgan fingerprint density at radius 3 is 2.58 bits per heavy atom. The van der Waals surface area contributed by atoms with Gasteiger partial charge in [0.15, 0.2) is 0 Å². The highest BCUT2D eigenvalue weighted by atomic mass is 35.5. The van der Waals surface area contributed by atoms with E-state index in [0.29, 0.717) is 24.5 Å². The fourth-order valence-electron chi connectivity index (χ4n) is 2.23. The smallest absolute Gasteiger partial charge is 0.244 e. The number of amides is 2. The maximum Gasteiger partial charge on any atom is 0.244 e. The van der Waals surface area contributed by atoms with Crippen LogP contribution in [-0.2, 0) is 16.0 Å². The molecule has 0 aromatic heterocycles. The summed E-state index contributed by atoms with van der Waals surface area (Å²) in [6.45, 7) is 2.96. The lowest BCUT2D eigenvalue weighted by atomic mass is 10.1. The molecule has 1 aromatic rings. The van der Waals surface area contributed by atoms with Crippen LogP contribution < -0.4 is 0 Å². The van der Waals surface area contributed by atoms with Gasteiger partial charge in [-0.3, -0.25) is 9.59 Å². The molecule has 1 atom stereocenters. The van der Waals surface area contributed by atoms with Crippen LogP contribution in [0, 0.1) is 0 Å². The summed E-state index contributed by atoms with van der Waals surface area (Å²) in [6.07, 6.45) is 0.304. The molecule has 0 N–H and O–H groups in total. The Kier molecular flexibility index (Phi) is 4.10. The van der Waals surface area contributed by atoms with Gasteiger partial charge in [-0.05, 0) is 24.6 Å². The van der Waals surface area contributed by atoms with Crippen molar-refractivity contribution in [3.05, 3.63) is 34.9 Å². The van der Waals surface area contributed by atoms with E-state index in [4.69, 9.17) is 11.6 Å². The summed E-state index contributed by atoms with van der Waals surface area (Å²) in [5, 5.41) is 0.652. The van der Waals surface area contributed by atoms with Crippen molar-refractivity contribution < 1.29 is 9.59 Å². The highest BCUT2D eigenvalue weighted by Gasteiger charge is 2.32. The molecule has 4 nitrogen and oxygen atoms in total. The minimum absolute atomic E-state index is 0.00398. The van der Waals surface area contributed by atoms with Crippen molar-refractivity contribution >= 4 is 23.4 Å². The second kappa shape index (κ2) is 5.61. The second-order valence-electron chi connectivity index (χ2n) is 4.83. The first-order chi connectivity index (χ1) is 8.99. The fourth-order valence-corrected chi connectivity index (χ4v) is 2.36. The van der Waals surface area contributed by atoms with Crippen molar-refractivity contribution in [1.82, 2.24) is 9.80 Å². The molecule has 2 rings (SSSR count). The second-order valence-corrected chi connectivity index (χ2v) is 5.26. The molecule has 0 aliphatic carbocycles. The lowest BCUT2D eigenvalue weighted by Crippen LogP contribution is -2.56. The van der Waals surface area contributed by atoms with Gasteiger partial charge in [-0.25, -0.2) is 0 Å². The molecule has 1 fully saturated rings. The fraction of sp³-hybridized carbons (Fsp3) is 0.429. The minimum atomic E-state index is -0.376. The van der Waals surface area contributed by atoms with Gasteiger partial charge in [-0.15, -0.1) is 0 Å². The van der Waals surface area contributed by atoms with Crippen molar-refractivity contribution in [2.75, 3.05) is 20.1 Å². The minimum Gasteiger partial charge on any atom is -0.342 e. The molecule has 1 aromatic carbocycles. The number of benzene rings is 1. The van der Waals surface area contributed by atoms with E-state index in [1.54, 1.807) is 35.9 Å². The van der Waals surface area contributed by atoms with Gasteiger partial charge in [0.1, 0.15) is 6.04 Å². The Labute approximate surface area is 117 Å². The SMILES string of the molecule is CC1C(=O)N(C)CCN1C(=O)Cc1ccc(Cl)cc1. The van der Waals surface area contributed by atoms with E-state index >= 15 is 0 Å². The molecule has 102 valence electrons. The topological polar surface area (TPSA) is 40.6 Å². The van der Waals surface area contributed by atoms with Crippen molar-refractivity contribution in [3.63, 3.8) is 0 Å². The molecular weight excluding hydrogens is 264 g/mol. The highest BCUT2D eigenvalue weighted by Crippen LogP contribution is 2.14. The lowest BCUT2D eigenvalue weighted by molar-refractivity contribution is -0.149. The predicted molar refractivity (Wildman–Crippen MR) is 74.0 cm³/mol. The number of hydrogen-bond acceptors (Lipinski definition) is 2. The average Bonchev–Trinajstić information content (AvgIpc) is 2.39. The first-order valence-corrected chi connectivity index (χ1v) is 6.65. The van der Waals surface area contributed by atoms with Gasteiger partial charge in [0.05, 0.1) is 6.42 Å². The first-order valence-electron chi connectivity index (χ1n) is 6.28. The Balaban J connectivity index is 2.04. The molecule has 1 heterocycles. The van der Waals surface area contributed by atoms with Gasteiger partial charge in [0, 0.05) is 25.2 Å². The molecule has 0 radical (unpaired) electrons. The van der Waals surface area contributed by atoms with Crippen molar-refractivity contribution in [2.24, 2.45) is 0 Å². The van der Waals surface area contributed by atoms with Gasteiger partial charge in [0.25, 0.3) is 0 Å². The largest absolute Gasteiger partial charge is 0.342 e. The monoisotopic (exact) mass is 280 g/mol. The summed E-state index contributed by atoms with van der Waals surface area (Å²) in [5.41, 5.74) is 0.910. The zero-order valence-corrected chi connectivity index (χ0v) is 11.9. The van der Waals surface area contributed by atoms with Crippen LogP contribution in [0.25, 0.3) is 0 Å². The molecular formula is C14H17ClN2O2. The third-order valence-corrected chi connectivity index (χ3v) is 3.72. The molecule has 2 amide bonds. The number of carbonyl (C=O) groups is 2.